The van der Waals surface area contributed by atoms with E-state index in [1.165, 1.54) is 6.92 Å². The van der Waals surface area contributed by atoms with Gasteiger partial charge in [-0.3, -0.25) is 19.2 Å². The number of rotatable bonds is 8. The first-order chi connectivity index (χ1) is 16.4. The largest absolute Gasteiger partial charge is 0.463 e. The Labute approximate surface area is 203 Å². The lowest BCUT2D eigenvalue weighted by atomic mass is 9.85. The predicted molar refractivity (Wildman–Crippen MR) is 118 cm³/mol. The van der Waals surface area contributed by atoms with Gasteiger partial charge in [-0.05, 0) is 32.1 Å². The summed E-state index contributed by atoms with van der Waals surface area (Å²) in [6.45, 7) is 9.98. The molecule has 0 spiro atoms. The summed E-state index contributed by atoms with van der Waals surface area (Å²) in [6, 6.07) is 0. The van der Waals surface area contributed by atoms with Crippen LogP contribution in [-0.2, 0) is 52.4 Å². The molecule has 2 rings (SSSR count). The quantitative estimate of drug-likeness (QED) is 0.276. The molecule has 35 heavy (non-hydrogen) atoms. The van der Waals surface area contributed by atoms with Crippen molar-refractivity contribution < 1.29 is 52.4 Å². The number of ether oxygens (including phenoxy) is 6. The van der Waals surface area contributed by atoms with Crippen molar-refractivity contribution in [2.24, 2.45) is 5.92 Å². The average Bonchev–Trinajstić information content (AvgIpc) is 2.75. The van der Waals surface area contributed by atoms with E-state index in [0.29, 0.717) is 18.4 Å². The highest BCUT2D eigenvalue weighted by molar-refractivity contribution is 5.88. The monoisotopic (exact) mass is 496 g/mol. The zero-order chi connectivity index (χ0) is 26.3. The molecule has 11 heteroatoms. The van der Waals surface area contributed by atoms with Gasteiger partial charge in [-0.15, -0.1) is 0 Å². The van der Waals surface area contributed by atoms with E-state index in [1.807, 2.05) is 6.92 Å². The fourth-order valence-electron chi connectivity index (χ4n) is 3.93. The highest BCUT2D eigenvalue weighted by Gasteiger charge is 2.53. The van der Waals surface area contributed by atoms with Gasteiger partial charge in [0.05, 0.1) is 0 Å². The summed E-state index contributed by atoms with van der Waals surface area (Å²) >= 11 is 0. The second kappa shape index (κ2) is 12.5. The highest BCUT2D eigenvalue weighted by Crippen LogP contribution is 2.32. The Hall–Kier alpha value is -3.21. The summed E-state index contributed by atoms with van der Waals surface area (Å²) in [4.78, 5) is 59.8. The maximum Gasteiger partial charge on any atom is 0.336 e. The van der Waals surface area contributed by atoms with Gasteiger partial charge in [-0.1, -0.05) is 18.2 Å². The van der Waals surface area contributed by atoms with Gasteiger partial charge in [0.25, 0.3) is 0 Å². The molecule has 194 valence electrons. The number of esters is 5. The van der Waals surface area contributed by atoms with Gasteiger partial charge in [0, 0.05) is 33.3 Å². The highest BCUT2D eigenvalue weighted by atomic mass is 16.7. The van der Waals surface area contributed by atoms with Gasteiger partial charge in [0.15, 0.2) is 12.2 Å². The zero-order valence-corrected chi connectivity index (χ0v) is 20.6. The molecule has 0 N–H and O–H groups in total. The minimum atomic E-state index is -1.54. The van der Waals surface area contributed by atoms with Crippen LogP contribution in [0.4, 0.5) is 0 Å². The molecule has 0 amide bonds. The molecule has 1 fully saturated rings. The molecule has 0 saturated carbocycles. The molecule has 1 heterocycles. The van der Waals surface area contributed by atoms with Crippen molar-refractivity contribution in [2.45, 2.75) is 84.6 Å². The third kappa shape index (κ3) is 8.20. The van der Waals surface area contributed by atoms with Crippen molar-refractivity contribution in [1.82, 2.24) is 0 Å². The third-order valence-electron chi connectivity index (χ3n) is 5.54. The van der Waals surface area contributed by atoms with Crippen LogP contribution in [0, 0.1) is 5.92 Å². The molecule has 0 radical (unpaired) electrons. The molecule has 0 bridgehead atoms. The Morgan fingerprint density at radius 1 is 0.857 bits per heavy atom. The lowest BCUT2D eigenvalue weighted by molar-refractivity contribution is -0.299. The first-order valence-electron chi connectivity index (χ1n) is 11.2. The molecule has 2 aliphatic rings. The second-order valence-electron chi connectivity index (χ2n) is 8.52. The fraction of sp³-hybridized carbons (Fsp3) is 0.625. The van der Waals surface area contributed by atoms with Crippen molar-refractivity contribution in [3.63, 3.8) is 0 Å². The molecule has 0 aromatic rings. The van der Waals surface area contributed by atoms with Crippen LogP contribution >= 0.6 is 0 Å². The van der Waals surface area contributed by atoms with Crippen molar-refractivity contribution in [2.75, 3.05) is 6.61 Å². The van der Waals surface area contributed by atoms with E-state index < -0.39 is 67.2 Å². The SMILES string of the molecule is C=C(C)[C@@H]1CC=C(C(=O)O[C@@H]2O[C@H](COC(C)=O)[C@@H](OC(C)=O)[C@H](OC(C)=O)[C@H]2OC(C)=O)CC1. The number of allylic oxidation sites excluding steroid dienone is 2. The molecule has 1 aliphatic carbocycles. The smallest absolute Gasteiger partial charge is 0.336 e. The molecule has 0 aromatic heterocycles. The second-order valence-corrected chi connectivity index (χ2v) is 8.52. The summed E-state index contributed by atoms with van der Waals surface area (Å²) in [7, 11) is 0. The maximum atomic E-state index is 12.9. The Morgan fingerprint density at radius 2 is 1.43 bits per heavy atom. The van der Waals surface area contributed by atoms with Crippen LogP contribution in [0.1, 0.15) is 53.9 Å². The predicted octanol–water partition coefficient (Wildman–Crippen LogP) is 1.92. The van der Waals surface area contributed by atoms with E-state index in [0.717, 1.165) is 32.8 Å². The van der Waals surface area contributed by atoms with Gasteiger partial charge in [-0.25, -0.2) is 4.79 Å². The van der Waals surface area contributed by atoms with E-state index in [2.05, 4.69) is 6.58 Å². The Bertz CT molecular complexity index is 890. The van der Waals surface area contributed by atoms with E-state index in [1.54, 1.807) is 6.08 Å². The number of hydrogen-bond donors (Lipinski definition) is 0. The summed E-state index contributed by atoms with van der Waals surface area (Å²) in [5.74, 6) is -3.39. The first kappa shape index (κ1) is 28.0. The molecule has 0 unspecified atom stereocenters. The summed E-state index contributed by atoms with van der Waals surface area (Å²) in [5.41, 5.74) is 1.43. The van der Waals surface area contributed by atoms with Gasteiger partial charge >= 0.3 is 29.8 Å². The van der Waals surface area contributed by atoms with Crippen LogP contribution in [0.15, 0.2) is 23.8 Å². The standard InChI is InChI=1S/C24H32O11/c1-12(2)17-7-9-18(10-8-17)23(29)35-24-22(33-16(6)28)21(32-15(5)27)20(31-14(4)26)19(34-24)11-30-13(3)25/h9,17,19-22,24H,1,7-8,10-11H2,2-6H3/t17-,19-,20-,21+,22-,24+/m1/s1. The Balaban J connectivity index is 2.36. The normalized spacial score (nSPS) is 28.1. The molecule has 11 nitrogen and oxygen atoms in total. The lowest BCUT2D eigenvalue weighted by Gasteiger charge is -2.43. The van der Waals surface area contributed by atoms with Crippen LogP contribution in [0.5, 0.6) is 0 Å². The van der Waals surface area contributed by atoms with Crippen LogP contribution in [0.25, 0.3) is 0 Å². The summed E-state index contributed by atoms with van der Waals surface area (Å²) < 4.78 is 32.2. The van der Waals surface area contributed by atoms with E-state index in [9.17, 15) is 24.0 Å². The van der Waals surface area contributed by atoms with Crippen LogP contribution in [0.2, 0.25) is 0 Å². The van der Waals surface area contributed by atoms with Crippen LogP contribution in [-0.4, -0.2) is 67.2 Å². The Kier molecular flexibility index (Phi) is 10.00. The number of carbonyl (C=O) groups excluding carboxylic acids is 5. The van der Waals surface area contributed by atoms with Crippen LogP contribution < -0.4 is 0 Å². The van der Waals surface area contributed by atoms with Gasteiger partial charge in [0.1, 0.15) is 12.7 Å². The topological polar surface area (TPSA) is 141 Å². The fourth-order valence-corrected chi connectivity index (χ4v) is 3.93. The lowest BCUT2D eigenvalue weighted by Crippen LogP contribution is -2.63. The maximum absolute atomic E-state index is 12.9. The van der Waals surface area contributed by atoms with Crippen LogP contribution in [0.3, 0.4) is 0 Å². The average molecular weight is 497 g/mol. The van der Waals surface area contributed by atoms with Gasteiger partial charge in [-0.2, -0.15) is 0 Å². The van der Waals surface area contributed by atoms with E-state index >= 15 is 0 Å². The Morgan fingerprint density at radius 3 is 1.91 bits per heavy atom. The molecular formula is C24H32O11. The molecular weight excluding hydrogens is 464 g/mol. The first-order valence-corrected chi connectivity index (χ1v) is 11.2. The van der Waals surface area contributed by atoms with Crippen molar-refractivity contribution in [3.05, 3.63) is 23.8 Å². The van der Waals surface area contributed by atoms with Gasteiger partial charge in [0.2, 0.25) is 12.4 Å². The van der Waals surface area contributed by atoms with E-state index in [-0.39, 0.29) is 5.92 Å². The number of hydrogen-bond acceptors (Lipinski definition) is 11. The zero-order valence-electron chi connectivity index (χ0n) is 20.6. The third-order valence-corrected chi connectivity index (χ3v) is 5.54. The summed E-state index contributed by atoms with van der Waals surface area (Å²) in [6.07, 6.45) is -3.36. The number of carbonyl (C=O) groups is 5. The van der Waals surface area contributed by atoms with E-state index in [4.69, 9.17) is 28.4 Å². The molecule has 6 atom stereocenters. The van der Waals surface area contributed by atoms with Crippen molar-refractivity contribution in [1.29, 1.82) is 0 Å². The molecule has 0 aromatic carbocycles. The van der Waals surface area contributed by atoms with Gasteiger partial charge < -0.3 is 28.4 Å². The van der Waals surface area contributed by atoms with Crippen molar-refractivity contribution in [3.8, 4) is 0 Å². The minimum Gasteiger partial charge on any atom is -0.463 e. The summed E-state index contributed by atoms with van der Waals surface area (Å²) in [5, 5.41) is 0. The molecule has 1 aliphatic heterocycles. The molecule has 1 saturated heterocycles. The minimum absolute atomic E-state index is 0.261. The van der Waals surface area contributed by atoms with Crippen molar-refractivity contribution >= 4 is 29.8 Å².